The molecule has 0 saturated carbocycles. The SMILES string of the molecule is COc1cc2c(cc1OC)C(Nc1ccc(Cl)cc1Cl)=NC(C)(C)C2.Cl. The van der Waals surface area contributed by atoms with Crippen molar-refractivity contribution in [3.63, 3.8) is 0 Å². The van der Waals surface area contributed by atoms with Gasteiger partial charge in [0.05, 0.1) is 30.5 Å². The molecule has 140 valence electrons. The molecule has 1 aliphatic heterocycles. The third-order valence-corrected chi connectivity index (χ3v) is 4.63. The number of rotatable bonds is 3. The van der Waals surface area contributed by atoms with Crippen molar-refractivity contribution in [2.45, 2.75) is 25.8 Å². The van der Waals surface area contributed by atoms with Gasteiger partial charge in [0.1, 0.15) is 5.84 Å². The number of hydrogen-bond acceptors (Lipinski definition) is 4. The number of methoxy groups -OCH3 is 2. The zero-order valence-electron chi connectivity index (χ0n) is 15.0. The van der Waals surface area contributed by atoms with Gasteiger partial charge in [-0.05, 0) is 56.2 Å². The quantitative estimate of drug-likeness (QED) is 0.707. The van der Waals surface area contributed by atoms with E-state index < -0.39 is 0 Å². The summed E-state index contributed by atoms with van der Waals surface area (Å²) in [6.45, 7) is 4.19. The molecule has 0 aromatic heterocycles. The molecule has 1 heterocycles. The largest absolute Gasteiger partial charge is 0.493 e. The van der Waals surface area contributed by atoms with Gasteiger partial charge in [-0.3, -0.25) is 4.99 Å². The standard InChI is InChI=1S/C19H20Cl2N2O2.ClH/c1-19(2)10-11-7-16(24-3)17(25-4)9-13(11)18(23-19)22-15-6-5-12(20)8-14(15)21;/h5-9H,10H2,1-4H3,(H,22,23);1H. The van der Waals surface area contributed by atoms with Crippen LogP contribution in [0, 0.1) is 0 Å². The Labute approximate surface area is 169 Å². The minimum absolute atomic E-state index is 0. The zero-order valence-corrected chi connectivity index (χ0v) is 17.4. The van der Waals surface area contributed by atoms with Crippen LogP contribution in [-0.4, -0.2) is 25.6 Å². The minimum Gasteiger partial charge on any atom is -0.493 e. The lowest BCUT2D eigenvalue weighted by Gasteiger charge is -2.30. The zero-order chi connectivity index (χ0) is 18.2. The number of benzene rings is 2. The van der Waals surface area contributed by atoms with Crippen molar-refractivity contribution in [3.8, 4) is 11.5 Å². The molecule has 0 atom stereocenters. The van der Waals surface area contributed by atoms with E-state index in [2.05, 4.69) is 19.2 Å². The maximum absolute atomic E-state index is 6.31. The Bertz CT molecular complexity index is 851. The normalized spacial score (nSPS) is 14.6. The predicted molar refractivity (Wildman–Crippen MR) is 111 cm³/mol. The smallest absolute Gasteiger partial charge is 0.161 e. The van der Waals surface area contributed by atoms with Crippen LogP contribution in [-0.2, 0) is 6.42 Å². The molecular weight excluding hydrogens is 395 g/mol. The van der Waals surface area contributed by atoms with Gasteiger partial charge in [-0.15, -0.1) is 12.4 Å². The highest BCUT2D eigenvalue weighted by Gasteiger charge is 2.29. The van der Waals surface area contributed by atoms with Crippen LogP contribution < -0.4 is 14.8 Å². The molecule has 0 spiro atoms. The Morgan fingerprint density at radius 1 is 1.04 bits per heavy atom. The molecule has 0 saturated heterocycles. The topological polar surface area (TPSA) is 42.9 Å². The Balaban J connectivity index is 0.00000243. The highest BCUT2D eigenvalue weighted by Crippen LogP contribution is 2.36. The predicted octanol–water partition coefficient (Wildman–Crippen LogP) is 5.63. The summed E-state index contributed by atoms with van der Waals surface area (Å²) in [5.41, 5.74) is 2.63. The lowest BCUT2D eigenvalue weighted by Crippen LogP contribution is -2.32. The van der Waals surface area contributed by atoms with Gasteiger partial charge in [-0.2, -0.15) is 0 Å². The molecule has 0 fully saturated rings. The van der Waals surface area contributed by atoms with E-state index in [1.165, 1.54) is 0 Å². The Morgan fingerprint density at radius 2 is 1.69 bits per heavy atom. The average molecular weight is 416 g/mol. The van der Waals surface area contributed by atoms with Crippen LogP contribution in [0.5, 0.6) is 11.5 Å². The number of nitrogens with one attached hydrogen (secondary N) is 1. The molecule has 0 radical (unpaired) electrons. The van der Waals surface area contributed by atoms with E-state index in [-0.39, 0.29) is 17.9 Å². The molecule has 0 amide bonds. The lowest BCUT2D eigenvalue weighted by atomic mass is 9.88. The van der Waals surface area contributed by atoms with Crippen LogP contribution in [0.2, 0.25) is 10.0 Å². The summed E-state index contributed by atoms with van der Waals surface area (Å²) >= 11 is 12.3. The Kier molecular flexibility index (Phi) is 6.33. The number of hydrogen-bond donors (Lipinski definition) is 1. The van der Waals surface area contributed by atoms with Crippen molar-refractivity contribution in [1.29, 1.82) is 0 Å². The van der Waals surface area contributed by atoms with Crippen molar-refractivity contribution >= 4 is 47.1 Å². The molecular formula is C19H21Cl3N2O2. The monoisotopic (exact) mass is 414 g/mol. The van der Waals surface area contributed by atoms with Gasteiger partial charge in [0, 0.05) is 10.6 Å². The molecule has 0 bridgehead atoms. The molecule has 1 aliphatic rings. The maximum atomic E-state index is 6.31. The number of halogens is 3. The third-order valence-electron chi connectivity index (χ3n) is 4.09. The Hall–Kier alpha value is -1.62. The highest BCUT2D eigenvalue weighted by atomic mass is 35.5. The molecule has 4 nitrogen and oxygen atoms in total. The molecule has 26 heavy (non-hydrogen) atoms. The fraction of sp³-hybridized carbons (Fsp3) is 0.316. The van der Waals surface area contributed by atoms with E-state index in [1.807, 2.05) is 18.2 Å². The average Bonchev–Trinajstić information content (AvgIpc) is 2.55. The van der Waals surface area contributed by atoms with Crippen molar-refractivity contribution in [1.82, 2.24) is 0 Å². The molecule has 0 aliphatic carbocycles. The maximum Gasteiger partial charge on any atom is 0.161 e. The number of ether oxygens (including phenoxy) is 2. The second-order valence-electron chi connectivity index (χ2n) is 6.56. The van der Waals surface area contributed by atoms with Gasteiger partial charge in [-0.25, -0.2) is 0 Å². The van der Waals surface area contributed by atoms with Crippen LogP contribution >= 0.6 is 35.6 Å². The number of nitrogens with zero attached hydrogens (tertiary/aromatic N) is 1. The molecule has 3 rings (SSSR count). The first-order valence-corrected chi connectivity index (χ1v) is 8.66. The van der Waals surface area contributed by atoms with Gasteiger partial charge in [0.15, 0.2) is 11.5 Å². The fourth-order valence-corrected chi connectivity index (χ4v) is 3.43. The Morgan fingerprint density at radius 3 is 2.31 bits per heavy atom. The first-order valence-electron chi connectivity index (χ1n) is 7.90. The first kappa shape index (κ1) is 20.7. The van der Waals surface area contributed by atoms with Crippen LogP contribution in [0.15, 0.2) is 35.3 Å². The summed E-state index contributed by atoms with van der Waals surface area (Å²) in [6.07, 6.45) is 0.808. The lowest BCUT2D eigenvalue weighted by molar-refractivity contribution is 0.353. The molecule has 2 aromatic rings. The fourth-order valence-electron chi connectivity index (χ4n) is 2.97. The number of fused-ring (bicyclic) bond motifs is 1. The summed E-state index contributed by atoms with van der Waals surface area (Å²) in [4.78, 5) is 4.86. The first-order chi connectivity index (χ1) is 11.8. The second-order valence-corrected chi connectivity index (χ2v) is 7.41. The van der Waals surface area contributed by atoms with Gasteiger partial charge in [0.25, 0.3) is 0 Å². The number of amidine groups is 1. The van der Waals surface area contributed by atoms with Crippen LogP contribution in [0.4, 0.5) is 5.69 Å². The van der Waals surface area contributed by atoms with Gasteiger partial charge >= 0.3 is 0 Å². The minimum atomic E-state index is -0.242. The van der Waals surface area contributed by atoms with E-state index >= 15 is 0 Å². The number of anilines is 1. The number of aliphatic imine (C=N–C) groups is 1. The van der Waals surface area contributed by atoms with Crippen molar-refractivity contribution < 1.29 is 9.47 Å². The van der Waals surface area contributed by atoms with E-state index in [0.717, 1.165) is 29.1 Å². The second kappa shape index (κ2) is 7.95. The summed E-state index contributed by atoms with van der Waals surface area (Å²) in [5.74, 6) is 2.12. The van der Waals surface area contributed by atoms with Crippen LogP contribution in [0.3, 0.4) is 0 Å². The van der Waals surface area contributed by atoms with Gasteiger partial charge < -0.3 is 14.8 Å². The summed E-state index contributed by atoms with van der Waals surface area (Å²) in [7, 11) is 3.26. The summed E-state index contributed by atoms with van der Waals surface area (Å²) in [6, 6.07) is 9.29. The van der Waals surface area contributed by atoms with Crippen molar-refractivity contribution in [2.24, 2.45) is 4.99 Å². The van der Waals surface area contributed by atoms with Gasteiger partial charge in [-0.1, -0.05) is 23.2 Å². The van der Waals surface area contributed by atoms with E-state index in [0.29, 0.717) is 21.5 Å². The van der Waals surface area contributed by atoms with Crippen LogP contribution in [0.25, 0.3) is 0 Å². The molecule has 2 aromatic carbocycles. The third kappa shape index (κ3) is 4.20. The van der Waals surface area contributed by atoms with Crippen molar-refractivity contribution in [2.75, 3.05) is 19.5 Å². The molecule has 7 heteroatoms. The summed E-state index contributed by atoms with van der Waals surface area (Å²) in [5, 5.41) is 4.47. The van der Waals surface area contributed by atoms with Crippen LogP contribution in [0.1, 0.15) is 25.0 Å². The van der Waals surface area contributed by atoms with Crippen molar-refractivity contribution in [3.05, 3.63) is 51.5 Å². The van der Waals surface area contributed by atoms with E-state index in [4.69, 9.17) is 37.7 Å². The summed E-state index contributed by atoms with van der Waals surface area (Å²) < 4.78 is 10.9. The molecule has 0 unspecified atom stereocenters. The van der Waals surface area contributed by atoms with E-state index in [9.17, 15) is 0 Å². The highest BCUT2D eigenvalue weighted by molar-refractivity contribution is 6.37. The molecule has 1 N–H and O–H groups in total. The van der Waals surface area contributed by atoms with Gasteiger partial charge in [0.2, 0.25) is 0 Å². The van der Waals surface area contributed by atoms with E-state index in [1.54, 1.807) is 26.4 Å².